The van der Waals surface area contributed by atoms with Gasteiger partial charge in [-0.05, 0) is 66.3 Å². The number of carboxylic acids is 1. The molecule has 3 aliphatic heterocycles. The molecule has 6 rings (SSSR count). The van der Waals surface area contributed by atoms with E-state index in [9.17, 15) is 22.8 Å². The van der Waals surface area contributed by atoms with Crippen molar-refractivity contribution in [1.82, 2.24) is 9.80 Å². The number of quaternary nitrogens is 2. The second-order valence-corrected chi connectivity index (χ2v) is 14.1. The molecule has 2 aromatic rings. The normalized spacial score (nSPS) is 26.7. The Morgan fingerprint density at radius 2 is 1.74 bits per heavy atom. The molecule has 8 nitrogen and oxygen atoms in total. The summed E-state index contributed by atoms with van der Waals surface area (Å²) in [6, 6.07) is 17.7. The molecule has 2 amide bonds. The summed E-state index contributed by atoms with van der Waals surface area (Å²) in [5, 5.41) is 11.1. The predicted octanol–water partition coefficient (Wildman–Crippen LogP) is 2.12. The van der Waals surface area contributed by atoms with E-state index in [0.717, 1.165) is 42.5 Å². The lowest BCUT2D eigenvalue weighted by molar-refractivity contribution is -0.640. The number of nitrogens with two attached hydrogens (primary N) is 1. The number of hydrogen-bond donors (Lipinski definition) is 2. The lowest BCUT2D eigenvalue weighted by Gasteiger charge is -2.48. The summed E-state index contributed by atoms with van der Waals surface area (Å²) in [6.45, 7) is 3.92. The van der Waals surface area contributed by atoms with Crippen molar-refractivity contribution in [2.45, 2.75) is 75.0 Å². The number of amides is 2. The van der Waals surface area contributed by atoms with Crippen molar-refractivity contribution in [3.63, 3.8) is 0 Å². The minimum Gasteiger partial charge on any atom is -0.542 e. The third-order valence-electron chi connectivity index (χ3n) is 10.5. The molecule has 0 radical (unpaired) electrons. The second kappa shape index (κ2) is 14.4. The lowest BCUT2D eigenvalue weighted by atomic mass is 9.67. The fraction of sp³-hybridized carbons (Fsp3) is 0.559. The van der Waals surface area contributed by atoms with E-state index in [4.69, 9.17) is 9.90 Å². The Hall–Kier alpha value is -2.96. The molecular formula is C34H43BrF3N4O4+. The van der Waals surface area contributed by atoms with Crippen molar-refractivity contribution in [1.29, 1.82) is 0 Å². The van der Waals surface area contributed by atoms with Crippen LogP contribution in [0.25, 0.3) is 0 Å². The first-order valence-electron chi connectivity index (χ1n) is 16.3. The molecule has 3 fully saturated rings. The van der Waals surface area contributed by atoms with Gasteiger partial charge in [-0.15, -0.1) is 0 Å². The Bertz CT molecular complexity index is 1400. The molecule has 0 bridgehead atoms. The Labute approximate surface area is 276 Å². The van der Waals surface area contributed by atoms with Gasteiger partial charge in [0.2, 0.25) is 5.91 Å². The van der Waals surface area contributed by atoms with E-state index < -0.39 is 12.1 Å². The van der Waals surface area contributed by atoms with E-state index >= 15 is 0 Å². The van der Waals surface area contributed by atoms with E-state index in [2.05, 4.69) is 80.4 Å². The van der Waals surface area contributed by atoms with Gasteiger partial charge in [0.25, 0.3) is 5.91 Å². The Morgan fingerprint density at radius 1 is 1.04 bits per heavy atom. The molecule has 2 aromatic carbocycles. The zero-order valence-corrected chi connectivity index (χ0v) is 27.5. The third-order valence-corrected chi connectivity index (χ3v) is 11.0. The van der Waals surface area contributed by atoms with Crippen molar-refractivity contribution in [3.8, 4) is 0 Å². The maximum absolute atomic E-state index is 14.8. The molecule has 1 saturated carbocycles. The molecule has 46 heavy (non-hydrogen) atoms. The molecule has 250 valence electrons. The third kappa shape index (κ3) is 7.28. The fourth-order valence-electron chi connectivity index (χ4n) is 8.35. The average molecular weight is 709 g/mol. The topological polar surface area (TPSA) is 125 Å². The highest BCUT2D eigenvalue weighted by Gasteiger charge is 2.57. The van der Waals surface area contributed by atoms with Crippen LogP contribution in [0.5, 0.6) is 0 Å². The van der Waals surface area contributed by atoms with E-state index in [0.29, 0.717) is 36.9 Å². The molecule has 1 aliphatic carbocycles. The van der Waals surface area contributed by atoms with Gasteiger partial charge >= 0.3 is 6.18 Å². The first kappa shape index (κ1) is 34.4. The van der Waals surface area contributed by atoms with Gasteiger partial charge < -0.3 is 30.8 Å². The van der Waals surface area contributed by atoms with Crippen molar-refractivity contribution < 1.29 is 43.7 Å². The fourth-order valence-corrected chi connectivity index (χ4v) is 8.76. The minimum atomic E-state index is -5.19. The van der Waals surface area contributed by atoms with Crippen molar-refractivity contribution in [3.05, 3.63) is 69.7 Å². The van der Waals surface area contributed by atoms with Crippen molar-refractivity contribution in [2.24, 2.45) is 11.8 Å². The molecule has 2 saturated heterocycles. The zero-order valence-electron chi connectivity index (χ0n) is 25.9. The van der Waals surface area contributed by atoms with E-state index in [-0.39, 0.29) is 23.8 Å². The average Bonchev–Trinajstić information content (AvgIpc) is 3.47. The van der Waals surface area contributed by atoms with E-state index in [1.165, 1.54) is 43.2 Å². The van der Waals surface area contributed by atoms with Crippen LogP contribution in [0, 0.1) is 11.8 Å². The molecule has 12 heteroatoms. The largest absolute Gasteiger partial charge is 0.542 e. The number of piperidine rings is 1. The number of aliphatic carboxylic acids is 1. The van der Waals surface area contributed by atoms with Crippen LogP contribution >= 0.6 is 15.9 Å². The molecule has 3 heterocycles. The first-order chi connectivity index (χ1) is 21.9. The number of hydrogen-bond acceptors (Lipinski definition) is 4. The molecule has 0 aromatic heterocycles. The Kier molecular flexibility index (Phi) is 10.8. The summed E-state index contributed by atoms with van der Waals surface area (Å²) < 4.78 is 32.6. The Morgan fingerprint density at radius 3 is 2.39 bits per heavy atom. The number of carbonyl (C=O) groups is 3. The number of halogens is 4. The lowest BCUT2D eigenvalue weighted by Crippen LogP contribution is -2.83. The first-order valence-corrected chi connectivity index (χ1v) is 17.0. The smallest absolute Gasteiger partial charge is 0.430 e. The molecule has 1 spiro atoms. The molecule has 4 atom stereocenters. The second-order valence-electron chi connectivity index (χ2n) is 13.2. The highest BCUT2D eigenvalue weighted by atomic mass is 79.9. The van der Waals surface area contributed by atoms with Crippen molar-refractivity contribution in [2.75, 3.05) is 32.7 Å². The quantitative estimate of drug-likeness (QED) is 0.505. The highest BCUT2D eigenvalue weighted by molar-refractivity contribution is 9.10. The van der Waals surface area contributed by atoms with Crippen LogP contribution in [0.2, 0.25) is 0 Å². The van der Waals surface area contributed by atoms with Crippen LogP contribution in [0.1, 0.15) is 67.6 Å². The van der Waals surface area contributed by atoms with E-state index in [1.807, 2.05) is 4.90 Å². The van der Waals surface area contributed by atoms with Crippen LogP contribution in [-0.4, -0.2) is 72.5 Å². The van der Waals surface area contributed by atoms with Gasteiger partial charge in [0, 0.05) is 30.1 Å². The molecule has 4 aliphatic rings. The van der Waals surface area contributed by atoms with Crippen LogP contribution in [0.4, 0.5) is 13.2 Å². The number of nitrogens with zero attached hydrogens (tertiary/aromatic N) is 2. The number of carboxylic acid groups (broad SMARTS) is 1. The van der Waals surface area contributed by atoms with Gasteiger partial charge in [0.1, 0.15) is 11.9 Å². The summed E-state index contributed by atoms with van der Waals surface area (Å²) in [5.41, 5.74) is 7.38. The van der Waals surface area contributed by atoms with E-state index in [1.54, 1.807) is 0 Å². The number of alkyl halides is 3. The van der Waals surface area contributed by atoms with Gasteiger partial charge in [-0.2, -0.15) is 13.2 Å². The number of fused-ring (bicyclic) bond motifs is 2. The van der Waals surface area contributed by atoms with Crippen LogP contribution in [0.3, 0.4) is 0 Å². The summed E-state index contributed by atoms with van der Waals surface area (Å²) in [7, 11) is 0. The number of rotatable bonds is 4. The van der Waals surface area contributed by atoms with Crippen LogP contribution in [-0.2, 0) is 26.3 Å². The van der Waals surface area contributed by atoms with Crippen LogP contribution in [0.15, 0.2) is 53.0 Å². The van der Waals surface area contributed by atoms with Crippen molar-refractivity contribution >= 4 is 33.7 Å². The van der Waals surface area contributed by atoms with Gasteiger partial charge in [-0.3, -0.25) is 9.59 Å². The minimum absolute atomic E-state index is 0.0712. The summed E-state index contributed by atoms with van der Waals surface area (Å²) in [5.74, 6) is -1.63. The van der Waals surface area contributed by atoms with Crippen LogP contribution < -0.4 is 16.2 Å². The maximum Gasteiger partial charge on any atom is 0.430 e. The van der Waals surface area contributed by atoms with Gasteiger partial charge in [0.15, 0.2) is 6.54 Å². The van der Waals surface area contributed by atoms with Gasteiger partial charge in [0.05, 0.1) is 18.5 Å². The predicted molar refractivity (Wildman–Crippen MR) is 166 cm³/mol. The maximum atomic E-state index is 14.8. The summed E-state index contributed by atoms with van der Waals surface area (Å²) in [6.07, 6.45) is 3.26. The highest BCUT2D eigenvalue weighted by Crippen LogP contribution is 2.45. The molecule has 5 N–H and O–H groups in total. The number of likely N-dealkylation sites (tertiary alicyclic amines) is 1. The molecular weight excluding hydrogens is 665 g/mol. The van der Waals surface area contributed by atoms with Gasteiger partial charge in [-0.25, -0.2) is 0 Å². The summed E-state index contributed by atoms with van der Waals surface area (Å²) >= 11 is 3.65. The summed E-state index contributed by atoms with van der Waals surface area (Å²) in [4.78, 5) is 40.8. The SMILES string of the molecule is O=C([O-])C(F)(F)F.[NH3+]CC(=O)N1Cc2cc(Br)ccc2[C@@]2(C[NH2+]C[C@H]2C(=O)N2CC[C@@H](c3ccccc3)C[C@H]2C2CCCCC2)C1. The molecule has 0 unspecified atom stereocenters. The standard InChI is InChI=1S/C32H41BrN4O2.C2HF3O2/c33-26-11-12-27-25(15-26)19-36(30(38)17-34)21-32(27)20-35-18-28(32)31(39)37-14-13-24(22-7-3-1-4-8-22)16-29(37)23-9-5-2-6-10-23;3-2(4,5)1(6)7/h1,3-4,7-8,11-12,15,23-24,28-29,35H,2,5-6,9-10,13-14,16-21,34H2;(H,6,7)/p+1/t24-,28+,29+,32-;/m1./s1. The zero-order chi connectivity index (χ0) is 33.1. The monoisotopic (exact) mass is 707 g/mol. The number of carbonyl (C=O) groups excluding carboxylic acids is 3. The number of benzene rings is 2. The Balaban J connectivity index is 0.000000537. The van der Waals surface area contributed by atoms with Gasteiger partial charge in [-0.1, -0.05) is 71.6 Å².